The van der Waals surface area contributed by atoms with Crippen molar-refractivity contribution in [1.82, 2.24) is 4.98 Å². The van der Waals surface area contributed by atoms with E-state index in [0.717, 1.165) is 75.5 Å². The van der Waals surface area contributed by atoms with Gasteiger partial charge in [0.05, 0.1) is 11.4 Å². The van der Waals surface area contributed by atoms with Crippen LogP contribution in [-0.4, -0.2) is 16.7 Å². The highest BCUT2D eigenvalue weighted by Gasteiger charge is 2.39. The van der Waals surface area contributed by atoms with E-state index in [9.17, 15) is 0 Å². The van der Waals surface area contributed by atoms with Crippen molar-refractivity contribution in [1.29, 1.82) is 0 Å². The fraction of sp³-hybridized carbons (Fsp3) is 0.289. The van der Waals surface area contributed by atoms with Crippen molar-refractivity contribution in [2.24, 2.45) is 10.9 Å². The highest BCUT2D eigenvalue weighted by Crippen LogP contribution is 2.42. The number of allylic oxidation sites excluding steroid dienone is 1. The number of rotatable bonds is 3. The van der Waals surface area contributed by atoms with Crippen LogP contribution in [0.25, 0.3) is 38.9 Å². The largest absolute Gasteiger partial charge is 0.455 e. The van der Waals surface area contributed by atoms with E-state index in [-0.39, 0.29) is 12.0 Å². The first-order valence-electron chi connectivity index (χ1n) is 15.5. The van der Waals surface area contributed by atoms with E-state index in [1.807, 2.05) is 18.3 Å². The molecule has 0 spiro atoms. The Morgan fingerprint density at radius 3 is 2.67 bits per heavy atom. The number of aryl methyl sites for hydroxylation is 1. The van der Waals surface area contributed by atoms with E-state index in [1.165, 1.54) is 48.8 Å². The van der Waals surface area contributed by atoms with Gasteiger partial charge in [0.1, 0.15) is 17.2 Å². The molecule has 1 aliphatic carbocycles. The zero-order valence-electron chi connectivity index (χ0n) is 24.1. The Hall–Kier alpha value is -4.31. The van der Waals surface area contributed by atoms with Gasteiger partial charge in [0.25, 0.3) is 0 Å². The summed E-state index contributed by atoms with van der Waals surface area (Å²) in [5, 5.41) is 2.17. The van der Waals surface area contributed by atoms with Crippen molar-refractivity contribution < 1.29 is 8.98 Å². The van der Waals surface area contributed by atoms with Gasteiger partial charge in [0.15, 0.2) is 11.8 Å². The number of nitrogens with zero attached hydrogens (tertiary/aromatic N) is 3. The molecule has 3 aromatic heterocycles. The monoisotopic (exact) mass is 550 g/mol. The van der Waals surface area contributed by atoms with Crippen LogP contribution in [0.15, 0.2) is 102 Å². The van der Waals surface area contributed by atoms with Crippen molar-refractivity contribution in [2.75, 3.05) is 0 Å². The fourth-order valence-electron chi connectivity index (χ4n) is 7.76. The molecule has 42 heavy (non-hydrogen) atoms. The predicted octanol–water partition coefficient (Wildman–Crippen LogP) is 8.62. The van der Waals surface area contributed by atoms with Crippen LogP contribution in [0.4, 0.5) is 0 Å². The van der Waals surface area contributed by atoms with Gasteiger partial charge >= 0.3 is 0 Å². The Morgan fingerprint density at radius 1 is 0.952 bits per heavy atom. The lowest BCUT2D eigenvalue weighted by atomic mass is 9.80. The average molecular weight is 551 g/mol. The summed E-state index contributed by atoms with van der Waals surface area (Å²) in [5.41, 5.74) is 10.9. The highest BCUT2D eigenvalue weighted by molar-refractivity contribution is 6.11. The number of para-hydroxylation sites is 1. The minimum Gasteiger partial charge on any atom is -0.455 e. The molecule has 0 radical (unpaired) electrons. The van der Waals surface area contributed by atoms with Crippen molar-refractivity contribution in [3.8, 4) is 11.3 Å². The van der Waals surface area contributed by atoms with Crippen LogP contribution in [0, 0.1) is 5.92 Å². The molecular formula is C38H36N3O+. The number of aliphatic imine (C=N–C) groups is 1. The third-order valence-electron chi connectivity index (χ3n) is 9.86. The maximum absolute atomic E-state index is 6.66. The number of pyridine rings is 2. The van der Waals surface area contributed by atoms with Gasteiger partial charge in [0, 0.05) is 40.6 Å². The molecule has 4 heteroatoms. The molecule has 3 aliphatic rings. The lowest BCUT2D eigenvalue weighted by Crippen LogP contribution is -2.42. The van der Waals surface area contributed by atoms with E-state index in [1.54, 1.807) is 0 Å². The number of furan rings is 1. The van der Waals surface area contributed by atoms with Gasteiger partial charge in [-0.05, 0) is 55.0 Å². The summed E-state index contributed by atoms with van der Waals surface area (Å²) in [6.07, 6.45) is 15.7. The van der Waals surface area contributed by atoms with Gasteiger partial charge in [-0.3, -0.25) is 9.98 Å². The lowest BCUT2D eigenvalue weighted by Gasteiger charge is -2.30. The number of aromatic nitrogens is 2. The minimum atomic E-state index is -0.0960. The first kappa shape index (κ1) is 25.4. The number of benzene rings is 2. The lowest BCUT2D eigenvalue weighted by molar-refractivity contribution is -0.572. The summed E-state index contributed by atoms with van der Waals surface area (Å²) >= 11 is 0. The molecule has 2 unspecified atom stereocenters. The standard InChI is InChI=1S/C38H36N3O/c1-3-32-28-14-8-7-13-27(28)30-17-18-33-36(38-31(23-39-33)29-15-9-10-16-35(29)42-38)34-22-26(21-25-11-5-4-6-12-25)19-20-41(34)24(2)37(30)40-32/h3,7-10,13-16,19-20,22-23,25,30,37H,1-2,4-6,11-12,17-18,21H2/q+1. The summed E-state index contributed by atoms with van der Waals surface area (Å²) in [7, 11) is 0. The van der Waals surface area contributed by atoms with Gasteiger partial charge < -0.3 is 4.42 Å². The first-order valence-corrected chi connectivity index (χ1v) is 15.5. The van der Waals surface area contributed by atoms with Crippen molar-refractivity contribution in [2.45, 2.75) is 63.3 Å². The normalized spacial score (nSPS) is 20.5. The summed E-state index contributed by atoms with van der Waals surface area (Å²) < 4.78 is 8.93. The summed E-state index contributed by atoms with van der Waals surface area (Å²) in [4.78, 5) is 10.4. The second-order valence-electron chi connectivity index (χ2n) is 12.3. The van der Waals surface area contributed by atoms with Crippen molar-refractivity contribution >= 4 is 33.3 Å². The molecule has 1 saturated carbocycles. The van der Waals surface area contributed by atoms with E-state index < -0.39 is 0 Å². The summed E-state index contributed by atoms with van der Waals surface area (Å²) in [5.74, 6) is 0.943. The SMILES string of the molecule is C=CC1=NC2C(=C)[n+]3ccc(CC4CCCCC4)cc3-c3c(ncc4c3oc3ccccc34)CCC2c2ccccc21. The zero-order chi connectivity index (χ0) is 28.2. The molecule has 4 nitrogen and oxygen atoms in total. The quantitative estimate of drug-likeness (QED) is 0.211. The first-order chi connectivity index (χ1) is 20.7. The maximum Gasteiger partial charge on any atom is 0.224 e. The topological polar surface area (TPSA) is 42.3 Å². The van der Waals surface area contributed by atoms with Crippen LogP contribution in [0.2, 0.25) is 0 Å². The number of hydrogen-bond donors (Lipinski definition) is 0. The van der Waals surface area contributed by atoms with Gasteiger partial charge in [-0.1, -0.05) is 81.1 Å². The molecule has 2 aliphatic heterocycles. The molecule has 8 rings (SSSR count). The summed E-state index contributed by atoms with van der Waals surface area (Å²) in [6, 6.07) is 21.6. The Morgan fingerprint density at radius 2 is 1.79 bits per heavy atom. The van der Waals surface area contributed by atoms with E-state index in [4.69, 9.17) is 21.0 Å². The minimum absolute atomic E-state index is 0.0960. The second kappa shape index (κ2) is 10.2. The molecule has 0 bridgehead atoms. The number of fused-ring (bicyclic) bond motifs is 10. The van der Waals surface area contributed by atoms with Gasteiger partial charge in [-0.25, -0.2) is 0 Å². The van der Waals surface area contributed by atoms with Crippen LogP contribution in [-0.2, 0) is 12.8 Å². The molecule has 2 atom stereocenters. The fourth-order valence-corrected chi connectivity index (χ4v) is 7.76. The smallest absolute Gasteiger partial charge is 0.224 e. The van der Waals surface area contributed by atoms with Crippen LogP contribution in [0.1, 0.15) is 66.8 Å². The van der Waals surface area contributed by atoms with Crippen LogP contribution < -0.4 is 4.57 Å². The summed E-state index contributed by atoms with van der Waals surface area (Å²) in [6.45, 7) is 8.85. The van der Waals surface area contributed by atoms with Crippen LogP contribution in [0.5, 0.6) is 0 Å². The molecule has 0 saturated heterocycles. The molecule has 5 aromatic rings. The molecular weight excluding hydrogens is 514 g/mol. The molecule has 5 heterocycles. The Balaban J connectivity index is 1.36. The zero-order valence-corrected chi connectivity index (χ0v) is 24.1. The van der Waals surface area contributed by atoms with E-state index in [0.29, 0.717) is 0 Å². The molecule has 0 N–H and O–H groups in total. The highest BCUT2D eigenvalue weighted by atomic mass is 16.3. The predicted molar refractivity (Wildman–Crippen MR) is 171 cm³/mol. The molecule has 1 fully saturated rings. The van der Waals surface area contributed by atoms with E-state index in [2.05, 4.69) is 71.9 Å². The third kappa shape index (κ3) is 4.07. The maximum atomic E-state index is 6.66. The van der Waals surface area contributed by atoms with Gasteiger partial charge in [-0.15, -0.1) is 0 Å². The molecule has 208 valence electrons. The molecule has 2 aromatic carbocycles. The third-order valence-corrected chi connectivity index (χ3v) is 9.86. The Labute approximate surface area is 247 Å². The molecule has 0 amide bonds. The second-order valence-corrected chi connectivity index (χ2v) is 12.3. The van der Waals surface area contributed by atoms with Gasteiger partial charge in [0.2, 0.25) is 11.4 Å². The average Bonchev–Trinajstić information content (AvgIpc) is 3.43. The van der Waals surface area contributed by atoms with Crippen molar-refractivity contribution in [3.63, 3.8) is 0 Å². The Bertz CT molecular complexity index is 1900. The van der Waals surface area contributed by atoms with E-state index >= 15 is 0 Å². The number of hydrogen-bond acceptors (Lipinski definition) is 3. The van der Waals surface area contributed by atoms with Gasteiger partial charge in [-0.2, -0.15) is 4.57 Å². The van der Waals surface area contributed by atoms with Crippen LogP contribution >= 0.6 is 0 Å². The Kier molecular flexibility index (Phi) is 6.17. The van der Waals surface area contributed by atoms with Crippen LogP contribution in [0.3, 0.4) is 0 Å². The van der Waals surface area contributed by atoms with Crippen molar-refractivity contribution in [3.05, 3.63) is 115 Å².